The maximum atomic E-state index is 12.3. The van der Waals surface area contributed by atoms with Crippen LogP contribution in [0, 0.1) is 5.92 Å². The minimum Gasteiger partial charge on any atom is -0.497 e. The van der Waals surface area contributed by atoms with E-state index in [0.29, 0.717) is 11.7 Å². The molecule has 0 aliphatic carbocycles. The van der Waals surface area contributed by atoms with Gasteiger partial charge in [-0.25, -0.2) is 13.1 Å². The number of benzene rings is 1. The molecule has 0 heterocycles. The van der Waals surface area contributed by atoms with Crippen LogP contribution in [0.4, 0.5) is 5.69 Å². The number of nitrogens with two attached hydrogens (primary N) is 1. The minimum absolute atomic E-state index is 0.0923. The molecule has 0 aliphatic rings. The first-order chi connectivity index (χ1) is 9.26. The second-order valence-electron chi connectivity index (χ2n) is 5.40. The number of ether oxygens (including phenoxy) is 1. The predicted octanol–water partition coefficient (Wildman–Crippen LogP) is 2.38. The molecule has 0 amide bonds. The maximum Gasteiger partial charge on any atom is 0.242 e. The summed E-state index contributed by atoms with van der Waals surface area (Å²) >= 11 is 0. The average Bonchev–Trinajstić information content (AvgIpc) is 2.35. The molecular formula is C14H24N2O3S. The van der Waals surface area contributed by atoms with Gasteiger partial charge in [0.2, 0.25) is 10.0 Å². The Labute approximate surface area is 121 Å². The Morgan fingerprint density at radius 3 is 2.40 bits per heavy atom. The number of rotatable bonds is 7. The van der Waals surface area contributed by atoms with Gasteiger partial charge in [-0.15, -0.1) is 0 Å². The number of hydrogen-bond donors (Lipinski definition) is 2. The third-order valence-electron chi connectivity index (χ3n) is 3.04. The number of anilines is 1. The molecule has 0 aromatic heterocycles. The van der Waals surface area contributed by atoms with Crippen molar-refractivity contribution < 1.29 is 13.2 Å². The van der Waals surface area contributed by atoms with E-state index in [9.17, 15) is 8.42 Å². The molecule has 6 heteroatoms. The Bertz CT molecular complexity index is 541. The Hall–Kier alpha value is -1.27. The van der Waals surface area contributed by atoms with Crippen molar-refractivity contribution in [1.82, 2.24) is 4.72 Å². The van der Waals surface area contributed by atoms with Crippen LogP contribution in [0.5, 0.6) is 5.75 Å². The number of nitrogen functional groups attached to an aromatic ring is 1. The van der Waals surface area contributed by atoms with Crippen molar-refractivity contribution in [2.75, 3.05) is 12.8 Å². The van der Waals surface area contributed by atoms with Gasteiger partial charge < -0.3 is 10.5 Å². The molecular weight excluding hydrogens is 276 g/mol. The first-order valence-corrected chi connectivity index (χ1v) is 8.20. The molecule has 1 unspecified atom stereocenters. The largest absolute Gasteiger partial charge is 0.497 e. The smallest absolute Gasteiger partial charge is 0.242 e. The molecule has 1 rings (SSSR count). The van der Waals surface area contributed by atoms with Crippen LogP contribution < -0.4 is 15.2 Å². The van der Waals surface area contributed by atoms with Crippen LogP contribution in [-0.2, 0) is 10.0 Å². The molecule has 20 heavy (non-hydrogen) atoms. The van der Waals surface area contributed by atoms with Crippen LogP contribution in [0.3, 0.4) is 0 Å². The van der Waals surface area contributed by atoms with Crippen LogP contribution >= 0.6 is 0 Å². The third kappa shape index (κ3) is 4.68. The number of methoxy groups -OCH3 is 1. The Morgan fingerprint density at radius 1 is 1.25 bits per heavy atom. The van der Waals surface area contributed by atoms with Gasteiger partial charge in [-0.1, -0.05) is 13.8 Å². The summed E-state index contributed by atoms with van der Waals surface area (Å²) in [7, 11) is -2.08. The van der Waals surface area contributed by atoms with Crippen molar-refractivity contribution >= 4 is 15.7 Å². The zero-order chi connectivity index (χ0) is 15.3. The van der Waals surface area contributed by atoms with Crippen molar-refractivity contribution in [1.29, 1.82) is 0 Å². The highest BCUT2D eigenvalue weighted by Crippen LogP contribution is 2.24. The van der Waals surface area contributed by atoms with Crippen molar-refractivity contribution in [3.63, 3.8) is 0 Å². The van der Waals surface area contributed by atoms with Gasteiger partial charge in [-0.3, -0.25) is 0 Å². The van der Waals surface area contributed by atoms with Crippen molar-refractivity contribution in [2.24, 2.45) is 5.92 Å². The van der Waals surface area contributed by atoms with E-state index in [1.807, 2.05) is 6.92 Å². The fraction of sp³-hybridized carbons (Fsp3) is 0.571. The second kappa shape index (κ2) is 6.95. The van der Waals surface area contributed by atoms with Crippen LogP contribution in [0.25, 0.3) is 0 Å². The van der Waals surface area contributed by atoms with Gasteiger partial charge in [0.1, 0.15) is 10.6 Å². The van der Waals surface area contributed by atoms with Gasteiger partial charge in [-0.2, -0.15) is 0 Å². The highest BCUT2D eigenvalue weighted by Gasteiger charge is 2.20. The molecule has 5 nitrogen and oxygen atoms in total. The molecule has 114 valence electrons. The fourth-order valence-corrected chi connectivity index (χ4v) is 3.26. The summed E-state index contributed by atoms with van der Waals surface area (Å²) in [4.78, 5) is 0.0923. The number of nitrogens with one attached hydrogen (secondary N) is 1. The lowest BCUT2D eigenvalue weighted by atomic mass is 10.1. The first kappa shape index (κ1) is 16.8. The Morgan fingerprint density at radius 2 is 1.90 bits per heavy atom. The SMILES string of the molecule is COc1ccc(S(=O)(=O)NC(C)CCC(C)C)c(N)c1. The quantitative estimate of drug-likeness (QED) is 0.758. The molecule has 1 atom stereocenters. The zero-order valence-corrected chi connectivity index (χ0v) is 13.3. The Kier molecular flexibility index (Phi) is 5.83. The van der Waals surface area contributed by atoms with Crippen molar-refractivity contribution in [3.05, 3.63) is 18.2 Å². The maximum absolute atomic E-state index is 12.3. The highest BCUT2D eigenvalue weighted by molar-refractivity contribution is 7.89. The zero-order valence-electron chi connectivity index (χ0n) is 12.5. The summed E-state index contributed by atoms with van der Waals surface area (Å²) in [5, 5.41) is 0. The van der Waals surface area contributed by atoms with Gasteiger partial charge in [0.15, 0.2) is 0 Å². The molecule has 0 bridgehead atoms. The third-order valence-corrected chi connectivity index (χ3v) is 4.70. The molecule has 3 N–H and O–H groups in total. The molecule has 0 saturated carbocycles. The summed E-state index contributed by atoms with van der Waals surface area (Å²) in [5.74, 6) is 1.09. The summed E-state index contributed by atoms with van der Waals surface area (Å²) in [6.07, 6.45) is 1.77. The standard InChI is InChI=1S/C14H24N2O3S/c1-10(2)5-6-11(3)16-20(17,18)14-8-7-12(19-4)9-13(14)15/h7-11,16H,5-6,15H2,1-4H3. The summed E-state index contributed by atoms with van der Waals surface area (Å²) < 4.78 is 32.2. The van der Waals surface area contributed by atoms with Crippen LogP contribution in [0.15, 0.2) is 23.1 Å². The van der Waals surface area contributed by atoms with E-state index < -0.39 is 10.0 Å². The van der Waals surface area contributed by atoms with Crippen LogP contribution in [-0.4, -0.2) is 21.6 Å². The predicted molar refractivity (Wildman–Crippen MR) is 81.3 cm³/mol. The van der Waals surface area contributed by atoms with E-state index in [4.69, 9.17) is 10.5 Å². The van der Waals surface area contributed by atoms with Gasteiger partial charge in [0, 0.05) is 12.1 Å². The summed E-state index contributed by atoms with van der Waals surface area (Å²) in [6, 6.07) is 4.44. The highest BCUT2D eigenvalue weighted by atomic mass is 32.2. The fourth-order valence-electron chi connectivity index (χ4n) is 1.87. The van der Waals surface area contributed by atoms with Crippen molar-refractivity contribution in [3.8, 4) is 5.75 Å². The number of hydrogen-bond acceptors (Lipinski definition) is 4. The normalized spacial score (nSPS) is 13.4. The molecule has 1 aromatic rings. The van der Waals surface area contributed by atoms with Gasteiger partial charge in [0.05, 0.1) is 12.8 Å². The molecule has 0 saturated heterocycles. The van der Waals surface area contributed by atoms with Gasteiger partial charge in [0.25, 0.3) is 0 Å². The summed E-state index contributed by atoms with van der Waals surface area (Å²) in [6.45, 7) is 6.09. The lowest BCUT2D eigenvalue weighted by molar-refractivity contribution is 0.414. The van der Waals surface area contributed by atoms with E-state index in [1.165, 1.54) is 19.2 Å². The van der Waals surface area contributed by atoms with Crippen LogP contribution in [0.2, 0.25) is 0 Å². The first-order valence-electron chi connectivity index (χ1n) is 6.72. The van der Waals surface area contributed by atoms with E-state index in [-0.39, 0.29) is 16.6 Å². The van der Waals surface area contributed by atoms with E-state index in [1.54, 1.807) is 6.07 Å². The Balaban J connectivity index is 2.83. The lowest BCUT2D eigenvalue weighted by Crippen LogP contribution is -2.33. The molecule has 0 radical (unpaired) electrons. The van der Waals surface area contributed by atoms with Gasteiger partial charge >= 0.3 is 0 Å². The van der Waals surface area contributed by atoms with E-state index >= 15 is 0 Å². The van der Waals surface area contributed by atoms with E-state index in [2.05, 4.69) is 18.6 Å². The minimum atomic E-state index is -3.59. The topological polar surface area (TPSA) is 81.4 Å². The molecule has 0 spiro atoms. The van der Waals surface area contributed by atoms with Gasteiger partial charge in [-0.05, 0) is 37.8 Å². The molecule has 1 aromatic carbocycles. The summed E-state index contributed by atoms with van der Waals surface area (Å²) in [5.41, 5.74) is 5.97. The monoisotopic (exact) mass is 300 g/mol. The molecule has 0 aliphatic heterocycles. The van der Waals surface area contributed by atoms with E-state index in [0.717, 1.165) is 12.8 Å². The average molecular weight is 300 g/mol. The number of sulfonamides is 1. The van der Waals surface area contributed by atoms with Crippen molar-refractivity contribution in [2.45, 2.75) is 44.6 Å². The van der Waals surface area contributed by atoms with Crippen LogP contribution in [0.1, 0.15) is 33.6 Å². The molecule has 0 fully saturated rings. The second-order valence-corrected chi connectivity index (χ2v) is 7.08. The lowest BCUT2D eigenvalue weighted by Gasteiger charge is -2.16.